The molecular weight excluding hydrogens is 672 g/mol. The van der Waals surface area contributed by atoms with Crippen LogP contribution in [0.4, 0.5) is 13.6 Å². The Morgan fingerprint density at radius 2 is 1.86 bits per heavy atom. The number of nitrogens with zero attached hydrogens (tertiary/aromatic N) is 2. The Balaban J connectivity index is 1.26. The zero-order chi connectivity index (χ0) is 36.0. The fourth-order valence-corrected chi connectivity index (χ4v) is 8.84. The van der Waals surface area contributed by atoms with Crippen molar-refractivity contribution < 1.29 is 41.1 Å². The summed E-state index contributed by atoms with van der Waals surface area (Å²) in [5.41, 5.74) is 1.48. The number of benzene rings is 1. The van der Waals surface area contributed by atoms with E-state index < -0.39 is 87.1 Å². The molecule has 1 aromatic rings. The molecule has 0 radical (unpaired) electrons. The average Bonchev–Trinajstić information content (AvgIpc) is 3.94. The quantitative estimate of drug-likeness (QED) is 0.364. The number of hydrogen-bond acceptors (Lipinski definition) is 8. The Morgan fingerprint density at radius 1 is 1.12 bits per heavy atom. The number of nitrogens with one attached hydrogen (secondary N) is 3. The van der Waals surface area contributed by atoms with Crippen LogP contribution in [0.2, 0.25) is 0 Å². The number of aryl methyl sites for hydroxylation is 1. The van der Waals surface area contributed by atoms with Gasteiger partial charge in [0.15, 0.2) is 0 Å². The van der Waals surface area contributed by atoms with Gasteiger partial charge in [-0.05, 0) is 61.1 Å². The van der Waals surface area contributed by atoms with Gasteiger partial charge < -0.3 is 15.0 Å². The fourth-order valence-electron chi connectivity index (χ4n) is 7.48. The van der Waals surface area contributed by atoms with E-state index >= 15 is 8.78 Å². The summed E-state index contributed by atoms with van der Waals surface area (Å²) >= 11 is 0. The molecule has 15 heteroatoms. The first-order valence-corrected chi connectivity index (χ1v) is 19.2. The second-order valence-corrected chi connectivity index (χ2v) is 16.8. The number of amides is 4. The monoisotopic (exact) mass is 719 g/mol. The number of fused-ring (bicyclic) bond motifs is 3. The molecule has 50 heavy (non-hydrogen) atoms. The second kappa shape index (κ2) is 13.9. The summed E-state index contributed by atoms with van der Waals surface area (Å²) in [6.45, 7) is 6.90. The first-order chi connectivity index (χ1) is 23.6. The summed E-state index contributed by atoms with van der Waals surface area (Å²) in [6.07, 6.45) is 2.83. The van der Waals surface area contributed by atoms with Gasteiger partial charge in [-0.15, -0.1) is 6.58 Å². The molecule has 2 saturated carbocycles. The van der Waals surface area contributed by atoms with Gasteiger partial charge >= 0.3 is 6.09 Å². The van der Waals surface area contributed by atoms with Crippen molar-refractivity contribution in [3.8, 4) is 0 Å². The molecule has 3 fully saturated rings. The molecule has 0 aromatic heterocycles. The van der Waals surface area contributed by atoms with Crippen molar-refractivity contribution in [3.63, 3.8) is 0 Å². The highest BCUT2D eigenvalue weighted by Crippen LogP contribution is 2.45. The number of halogens is 2. The first-order valence-electron chi connectivity index (χ1n) is 17.6. The third kappa shape index (κ3) is 7.53. The maximum absolute atomic E-state index is 15.1. The highest BCUT2D eigenvalue weighted by Gasteiger charge is 2.62. The van der Waals surface area contributed by atoms with Gasteiger partial charge in [-0.25, -0.2) is 22.0 Å². The molecular formula is C35H47F2N5O7S. The summed E-state index contributed by atoms with van der Waals surface area (Å²) in [6, 6.07) is 3.56. The Hall–Kier alpha value is -3.59. The number of alkyl halides is 2. The molecule has 1 saturated heterocycles. The normalized spacial score (nSPS) is 30.2. The molecule has 2 aliphatic carbocycles. The molecule has 4 bridgehead atoms. The van der Waals surface area contributed by atoms with Gasteiger partial charge in [0.2, 0.25) is 21.8 Å². The third-order valence-corrected chi connectivity index (χ3v) is 12.5. The van der Waals surface area contributed by atoms with Gasteiger partial charge in [-0.3, -0.25) is 29.3 Å². The standard InChI is InChI=1S/C35H47F2N5O7S/c1-4-24-16-35(24,32(45)40-50(47,48)26-12-13-26)39-30(43)28-15-25-18-42(28)31(44)29(21(2)3)38-20-34(36,37)14-7-5-6-9-22-10-8-11-23-17-41(19-27(22)23)33(46)49-25/h4,8,10-11,21,24-26,28-29,38H,1,5-7,9,12-20H2,2-3H3,(H,39,43)(H,40,45)/t24-,25-,28+,29-,35-/m1/s1. The van der Waals surface area contributed by atoms with Crippen molar-refractivity contribution in [2.45, 2.75) is 120 Å². The predicted molar refractivity (Wildman–Crippen MR) is 179 cm³/mol. The SMILES string of the molecule is C=C[C@@H]1C[C@]1(NC(=O)[C@@H]1C[C@@H]2CN1C(=O)[C@@H](C(C)C)NCC(F)(F)CCCCCc1cccc3c1CN(C3)C(=O)O2)C(=O)NS(=O)(=O)C1CC1. The van der Waals surface area contributed by atoms with Crippen molar-refractivity contribution in [2.24, 2.45) is 11.8 Å². The molecule has 3 heterocycles. The number of carbonyl (C=O) groups excluding carboxylic acids is 4. The van der Waals surface area contributed by atoms with Crippen molar-refractivity contribution >= 4 is 33.8 Å². The molecule has 12 nitrogen and oxygen atoms in total. The van der Waals surface area contributed by atoms with Gasteiger partial charge in [0.1, 0.15) is 17.7 Å². The van der Waals surface area contributed by atoms with Gasteiger partial charge in [0, 0.05) is 31.8 Å². The van der Waals surface area contributed by atoms with Crippen LogP contribution in [0.15, 0.2) is 30.9 Å². The van der Waals surface area contributed by atoms with Gasteiger partial charge in [-0.2, -0.15) is 0 Å². The average molecular weight is 720 g/mol. The number of hydrogen-bond donors (Lipinski definition) is 3. The van der Waals surface area contributed by atoms with E-state index in [1.165, 1.54) is 11.0 Å². The summed E-state index contributed by atoms with van der Waals surface area (Å²) in [4.78, 5) is 57.8. The summed E-state index contributed by atoms with van der Waals surface area (Å²) in [5, 5.41) is 4.80. The lowest BCUT2D eigenvalue weighted by Crippen LogP contribution is -2.59. The topological polar surface area (TPSA) is 154 Å². The summed E-state index contributed by atoms with van der Waals surface area (Å²) in [7, 11) is -3.92. The zero-order valence-corrected chi connectivity index (χ0v) is 29.4. The number of rotatable bonds is 7. The third-order valence-electron chi connectivity index (χ3n) is 10.7. The van der Waals surface area contributed by atoms with Crippen molar-refractivity contribution in [1.29, 1.82) is 0 Å². The highest BCUT2D eigenvalue weighted by molar-refractivity contribution is 7.91. The number of carbonyl (C=O) groups is 4. The molecule has 3 N–H and O–H groups in total. The van der Waals surface area contributed by atoms with Crippen LogP contribution in [0.5, 0.6) is 0 Å². The molecule has 1 aromatic carbocycles. The Kier molecular flexibility index (Phi) is 10.0. The van der Waals surface area contributed by atoms with E-state index in [9.17, 15) is 27.6 Å². The van der Waals surface area contributed by atoms with E-state index in [-0.39, 0.29) is 25.8 Å². The van der Waals surface area contributed by atoms with Crippen LogP contribution in [0, 0.1) is 11.8 Å². The van der Waals surface area contributed by atoms with Crippen LogP contribution in [0.3, 0.4) is 0 Å². The van der Waals surface area contributed by atoms with E-state index in [4.69, 9.17) is 4.74 Å². The lowest BCUT2D eigenvalue weighted by Gasteiger charge is -2.32. The summed E-state index contributed by atoms with van der Waals surface area (Å²) < 4.78 is 63.4. The molecule has 3 aliphatic heterocycles. The molecule has 274 valence electrons. The van der Waals surface area contributed by atoms with Crippen molar-refractivity contribution in [2.75, 3.05) is 13.1 Å². The van der Waals surface area contributed by atoms with Crippen molar-refractivity contribution in [3.05, 3.63) is 47.5 Å². The zero-order valence-electron chi connectivity index (χ0n) is 28.6. The Morgan fingerprint density at radius 3 is 2.54 bits per heavy atom. The molecule has 6 rings (SSSR count). The largest absolute Gasteiger partial charge is 0.444 e. The molecule has 4 amide bonds. The lowest BCUT2D eigenvalue weighted by atomic mass is 9.97. The molecule has 5 atom stereocenters. The number of ether oxygens (including phenoxy) is 1. The second-order valence-electron chi connectivity index (χ2n) is 14.9. The van der Waals surface area contributed by atoms with Crippen LogP contribution in [-0.2, 0) is 48.7 Å². The Bertz CT molecular complexity index is 1650. The minimum Gasteiger partial charge on any atom is -0.444 e. The minimum absolute atomic E-state index is 0.104. The van der Waals surface area contributed by atoms with E-state index in [1.54, 1.807) is 18.7 Å². The van der Waals surface area contributed by atoms with E-state index in [2.05, 4.69) is 21.9 Å². The van der Waals surface area contributed by atoms with Crippen LogP contribution >= 0.6 is 0 Å². The first kappa shape index (κ1) is 36.2. The van der Waals surface area contributed by atoms with Gasteiger partial charge in [0.25, 0.3) is 11.8 Å². The van der Waals surface area contributed by atoms with Crippen LogP contribution in [0.25, 0.3) is 0 Å². The van der Waals surface area contributed by atoms with E-state index in [1.807, 2.05) is 18.2 Å². The van der Waals surface area contributed by atoms with Gasteiger partial charge in [-0.1, -0.05) is 44.5 Å². The summed E-state index contributed by atoms with van der Waals surface area (Å²) in [5.74, 6) is -6.30. The molecule has 0 spiro atoms. The molecule has 0 unspecified atom stereocenters. The van der Waals surface area contributed by atoms with Crippen LogP contribution in [0.1, 0.15) is 81.9 Å². The number of sulfonamides is 1. The smallest absolute Gasteiger partial charge is 0.410 e. The van der Waals surface area contributed by atoms with Crippen molar-refractivity contribution in [1.82, 2.24) is 25.2 Å². The minimum atomic E-state index is -3.92. The fraction of sp³-hybridized carbons (Fsp3) is 0.657. The maximum Gasteiger partial charge on any atom is 0.410 e. The van der Waals surface area contributed by atoms with E-state index in [0.29, 0.717) is 45.2 Å². The lowest BCUT2D eigenvalue weighted by molar-refractivity contribution is -0.142. The van der Waals surface area contributed by atoms with Crippen LogP contribution < -0.4 is 15.4 Å². The predicted octanol–water partition coefficient (Wildman–Crippen LogP) is 3.14. The Labute approximate surface area is 291 Å². The van der Waals surface area contributed by atoms with Gasteiger partial charge in [0.05, 0.1) is 24.4 Å². The maximum atomic E-state index is 15.1. The highest BCUT2D eigenvalue weighted by atomic mass is 32.2. The van der Waals surface area contributed by atoms with E-state index in [0.717, 1.165) is 23.1 Å². The molecule has 5 aliphatic rings. The van der Waals surface area contributed by atoms with Crippen LogP contribution in [-0.4, -0.2) is 90.0 Å².